The van der Waals surface area contributed by atoms with Gasteiger partial charge < -0.3 is 14.8 Å². The number of anilines is 2. The first kappa shape index (κ1) is 60.5. The first-order valence-electron chi connectivity index (χ1n) is 12.8. The van der Waals surface area contributed by atoms with E-state index >= 15 is 0 Å². The first-order valence-corrected chi connectivity index (χ1v) is 15.5. The lowest BCUT2D eigenvalue weighted by molar-refractivity contribution is -0.157. The number of likely N-dealkylation sites (N-methyl/N-ethyl adjacent to an activating group) is 1. The van der Waals surface area contributed by atoms with Crippen molar-refractivity contribution in [2.24, 2.45) is 0 Å². The van der Waals surface area contributed by atoms with Gasteiger partial charge in [-0.05, 0) is 35.4 Å². The molecule has 9 rings (SSSR count). The van der Waals surface area contributed by atoms with E-state index in [1.165, 1.54) is 0 Å². The number of piperazine rings is 1. The van der Waals surface area contributed by atoms with Crippen LogP contribution in [0, 0.1) is 0 Å². The largest absolute Gasteiger partial charge is 0.361 e. The molecule has 52 heavy (non-hydrogen) atoms. The van der Waals surface area contributed by atoms with Crippen LogP contribution < -0.4 is 4.90 Å². The van der Waals surface area contributed by atoms with Gasteiger partial charge in [-0.2, -0.15) is 8.42 Å². The monoisotopic (exact) mass is 780 g/mol. The topological polar surface area (TPSA) is 93.8 Å². The van der Waals surface area contributed by atoms with Crippen LogP contribution in [0.15, 0.2) is 85.1 Å². The van der Waals surface area contributed by atoms with E-state index < -0.39 is 27.2 Å². The molecule has 8 nitrogen and oxygen atoms in total. The zero-order chi connectivity index (χ0) is 27.6. The van der Waals surface area contributed by atoms with Crippen molar-refractivity contribution in [3.05, 3.63) is 96.2 Å². The zero-order valence-corrected chi connectivity index (χ0v) is 23.8. The number of nitrogens with one attached hydrogen (secondary N) is 1. The SMILES string of the molecule is C.C.C.C.C.C.C.C.C.C.C.C.CN1C(=O)C23CC4(c5c[nH]c6ccccc56)c5ccccc5N(c5ccccc5)[C@@H]4N2C(=O)[C@H]1SCS3.O=S=O. The number of H-pyrrole nitrogens is 1. The second kappa shape index (κ2) is 22.5. The summed E-state index contributed by atoms with van der Waals surface area (Å²) < 4.78 is 16.6. The maximum atomic E-state index is 14.3. The van der Waals surface area contributed by atoms with Crippen molar-refractivity contribution in [2.75, 3.05) is 17.0 Å². The molecule has 0 radical (unpaired) electrons. The normalized spacial score (nSPS) is 21.6. The summed E-state index contributed by atoms with van der Waals surface area (Å²) in [6.45, 7) is 0. The average molecular weight is 781 g/mol. The van der Waals surface area contributed by atoms with E-state index in [1.54, 1.807) is 35.5 Å². The van der Waals surface area contributed by atoms with E-state index in [9.17, 15) is 9.59 Å². The van der Waals surface area contributed by atoms with Gasteiger partial charge in [0.2, 0.25) is 0 Å². The molecule has 2 bridgehead atoms. The molecular weight excluding hydrogens is 709 g/mol. The van der Waals surface area contributed by atoms with E-state index in [1.807, 2.05) is 29.2 Å². The van der Waals surface area contributed by atoms with Crippen LogP contribution in [0.25, 0.3) is 10.9 Å². The van der Waals surface area contributed by atoms with Gasteiger partial charge in [-0.1, -0.05) is 144 Å². The summed E-state index contributed by atoms with van der Waals surface area (Å²) in [5, 5.41) is 1.33. The molecule has 5 aliphatic rings. The lowest BCUT2D eigenvalue weighted by Crippen LogP contribution is -2.68. The minimum absolute atomic E-state index is 0. The van der Waals surface area contributed by atoms with Gasteiger partial charge in [0.1, 0.15) is 6.17 Å². The average Bonchev–Trinajstić information content (AvgIpc) is 3.56. The van der Waals surface area contributed by atoms with Gasteiger partial charge in [-0.15, -0.1) is 23.5 Å². The predicted octanol–water partition coefficient (Wildman–Crippen LogP) is 12.1. The Morgan fingerprint density at radius 3 is 1.88 bits per heavy atom. The number of nitrogens with zero attached hydrogens (tertiary/aromatic N) is 3. The third-order valence-corrected chi connectivity index (χ3v) is 11.4. The Kier molecular flexibility index (Phi) is 26.2. The molecule has 4 saturated heterocycles. The number of para-hydroxylation sites is 3. The first-order chi connectivity index (χ1) is 19.5. The predicted molar refractivity (Wildman–Crippen MR) is 238 cm³/mol. The lowest BCUT2D eigenvalue weighted by Gasteiger charge is -2.47. The van der Waals surface area contributed by atoms with Crippen LogP contribution in [0.4, 0.5) is 11.4 Å². The minimum atomic E-state index is -0.963. The van der Waals surface area contributed by atoms with Crippen molar-refractivity contribution in [3.8, 4) is 0 Å². The molecule has 1 spiro atoms. The third kappa shape index (κ3) is 7.87. The Bertz CT molecular complexity index is 1710. The quantitative estimate of drug-likeness (QED) is 0.216. The van der Waals surface area contributed by atoms with Gasteiger partial charge in [-0.3, -0.25) is 14.5 Å². The molecule has 2 amide bonds. The number of hydrogen-bond donors (Lipinski definition) is 1. The van der Waals surface area contributed by atoms with Gasteiger partial charge in [0.05, 0.1) is 5.41 Å². The summed E-state index contributed by atoms with van der Waals surface area (Å²) in [6.07, 6.45) is 2.27. The molecule has 11 heteroatoms. The van der Waals surface area contributed by atoms with Crippen molar-refractivity contribution in [1.29, 1.82) is 0 Å². The van der Waals surface area contributed by atoms with E-state index in [-0.39, 0.29) is 107 Å². The van der Waals surface area contributed by atoms with Gasteiger partial charge in [0.15, 0.2) is 10.2 Å². The fraction of sp³-hybridized carbons (Fsp3) is 0.463. The summed E-state index contributed by atoms with van der Waals surface area (Å²) in [5.74, 6) is 0.0590. The maximum absolute atomic E-state index is 14.3. The summed E-state index contributed by atoms with van der Waals surface area (Å²) in [5.41, 5.74) is 4.87. The molecule has 4 atom stereocenters. The Morgan fingerprint density at radius 2 is 1.27 bits per heavy atom. The Labute approximate surface area is 331 Å². The molecule has 1 aromatic heterocycles. The second-order valence-electron chi connectivity index (χ2n) is 10.3. The van der Waals surface area contributed by atoms with Crippen LogP contribution in [0.5, 0.6) is 0 Å². The van der Waals surface area contributed by atoms with Crippen LogP contribution in [0.1, 0.15) is 107 Å². The molecule has 5 aliphatic heterocycles. The molecule has 3 aromatic carbocycles. The molecule has 4 fully saturated rings. The second-order valence-corrected chi connectivity index (χ2v) is 13.1. The summed E-state index contributed by atoms with van der Waals surface area (Å²) >= 11 is 2.44. The van der Waals surface area contributed by atoms with Crippen molar-refractivity contribution in [1.82, 2.24) is 14.8 Å². The lowest BCUT2D eigenvalue weighted by atomic mass is 9.72. The standard InChI is InChI=1S/C29H24N4O2S2.12CH4.O2S/c1-31-25-24(34)33-26-28(16-29(33,27(31)35)37-17-36-25,21-15-30-22-13-7-5-11-19(21)22)20-12-6-8-14-23(20)32(26)18-9-3-2-4-10-18;;;;;;;;;;;;;1-3-2/h2-15,25-26,30H,16-17H2,1H3;12*1H4;/t25-,26-,28?,29?;;;;;;;;;;;;;/m1............./s1. The highest BCUT2D eigenvalue weighted by Crippen LogP contribution is 2.67. The zero-order valence-electron chi connectivity index (χ0n) is 21.4. The third-order valence-electron chi connectivity index (χ3n) is 8.56. The number of benzene rings is 3. The Hall–Kier alpha value is -3.54. The highest BCUT2D eigenvalue weighted by molar-refractivity contribution is 8.17. The highest BCUT2D eigenvalue weighted by Gasteiger charge is 2.74. The van der Waals surface area contributed by atoms with Crippen LogP contribution in [-0.4, -0.2) is 63.6 Å². The van der Waals surface area contributed by atoms with Crippen molar-refractivity contribution in [3.63, 3.8) is 0 Å². The number of aromatic amines is 1. The molecule has 2 unspecified atom stereocenters. The molecule has 0 aliphatic carbocycles. The number of rotatable bonds is 2. The smallest absolute Gasteiger partial charge is 0.335 e. The van der Waals surface area contributed by atoms with E-state index in [2.05, 4.69) is 70.7 Å². The summed E-state index contributed by atoms with van der Waals surface area (Å²) in [7, 11) is 1.79. The molecule has 1 N–H and O–H groups in total. The fourth-order valence-electron chi connectivity index (χ4n) is 7.13. The Balaban J connectivity index is -0.000000342. The van der Waals surface area contributed by atoms with Gasteiger partial charge in [0, 0.05) is 47.0 Å². The molecule has 4 aromatic rings. The van der Waals surface area contributed by atoms with E-state index in [0.717, 1.165) is 33.4 Å². The molecular formula is C41H72N4O4S3. The Morgan fingerprint density at radius 1 is 0.731 bits per heavy atom. The number of aromatic nitrogens is 1. The van der Waals surface area contributed by atoms with Crippen molar-refractivity contribution >= 4 is 69.2 Å². The molecule has 6 heterocycles. The summed E-state index contributed by atoms with van der Waals surface area (Å²) in [4.78, 5) is 37.0. The molecule has 298 valence electrons. The number of thioether (sulfide) groups is 2. The molecule has 0 saturated carbocycles. The fourth-order valence-corrected chi connectivity index (χ4v) is 10.2. The van der Waals surface area contributed by atoms with E-state index in [0.29, 0.717) is 11.5 Å². The highest BCUT2D eigenvalue weighted by atomic mass is 32.2. The number of fused-ring (bicyclic) bond motifs is 7. The number of amides is 2. The maximum Gasteiger partial charge on any atom is 0.335 e. The van der Waals surface area contributed by atoms with Gasteiger partial charge in [0.25, 0.3) is 11.8 Å². The summed E-state index contributed by atoms with van der Waals surface area (Å²) in [6, 6.07) is 27.1. The van der Waals surface area contributed by atoms with Crippen LogP contribution in [0.3, 0.4) is 0 Å². The van der Waals surface area contributed by atoms with Crippen molar-refractivity contribution in [2.45, 2.75) is 117 Å². The number of carbonyl (C=O) groups is 2. The minimum Gasteiger partial charge on any atom is -0.361 e. The number of hydrogen-bond acceptors (Lipinski definition) is 7. The van der Waals surface area contributed by atoms with Gasteiger partial charge >= 0.3 is 11.6 Å². The number of carbonyl (C=O) groups excluding carboxylic acids is 2. The van der Waals surface area contributed by atoms with Crippen LogP contribution >= 0.6 is 23.5 Å². The van der Waals surface area contributed by atoms with Crippen LogP contribution in [0.2, 0.25) is 0 Å². The van der Waals surface area contributed by atoms with Gasteiger partial charge in [-0.25, -0.2) is 0 Å². The van der Waals surface area contributed by atoms with E-state index in [4.69, 9.17) is 8.42 Å². The van der Waals surface area contributed by atoms with Crippen LogP contribution in [-0.2, 0) is 26.6 Å². The van der Waals surface area contributed by atoms with Crippen molar-refractivity contribution < 1.29 is 18.0 Å².